The van der Waals surface area contributed by atoms with Crippen molar-refractivity contribution in [3.05, 3.63) is 34.8 Å². The molecule has 1 aliphatic rings. The number of hydrogen-bond donors (Lipinski definition) is 2. The average molecular weight is 336 g/mol. The highest BCUT2D eigenvalue weighted by Crippen LogP contribution is 2.00. The second kappa shape index (κ2) is 9.13. The van der Waals surface area contributed by atoms with E-state index in [1.54, 1.807) is 6.92 Å². The first kappa shape index (κ1) is 18.9. The molecule has 1 unspecified atom stereocenters. The fourth-order valence-corrected chi connectivity index (χ4v) is 1.81. The van der Waals surface area contributed by atoms with Crippen molar-refractivity contribution < 1.29 is 23.9 Å². The molecule has 1 aromatic carbocycles. The summed E-state index contributed by atoms with van der Waals surface area (Å²) in [6.07, 6.45) is -1.30. The number of nitrogens with two attached hydrogens (primary N) is 2. The van der Waals surface area contributed by atoms with Crippen molar-refractivity contribution in [3.8, 4) is 0 Å². The highest BCUT2D eigenvalue weighted by atomic mass is 16.6. The lowest BCUT2D eigenvalue weighted by molar-refractivity contribution is -0.146. The van der Waals surface area contributed by atoms with Gasteiger partial charge in [-0.2, -0.15) is 0 Å². The largest absolute Gasteiger partial charge is 0.434 e. The number of carbonyl (C=O) groups is 3. The van der Waals surface area contributed by atoms with Gasteiger partial charge in [-0.1, -0.05) is 25.1 Å². The van der Waals surface area contributed by atoms with E-state index >= 15 is 0 Å². The zero-order valence-electron chi connectivity index (χ0n) is 13.5. The van der Waals surface area contributed by atoms with Crippen molar-refractivity contribution in [2.45, 2.75) is 19.4 Å². The average Bonchev–Trinajstić information content (AvgIpc) is 2.52. The molecule has 1 aromatic rings. The van der Waals surface area contributed by atoms with Crippen LogP contribution in [0.1, 0.15) is 13.3 Å². The highest BCUT2D eigenvalue weighted by molar-refractivity contribution is 5.87. The second-order valence-corrected chi connectivity index (χ2v) is 4.82. The van der Waals surface area contributed by atoms with E-state index in [9.17, 15) is 14.4 Å². The molecule has 0 aliphatic carbocycles. The van der Waals surface area contributed by atoms with Gasteiger partial charge in [-0.3, -0.25) is 4.99 Å². The number of fused-ring (bicyclic) bond motifs is 1. The van der Waals surface area contributed by atoms with E-state index in [0.717, 1.165) is 12.0 Å². The normalized spacial score (nSPS) is 13.0. The predicted molar refractivity (Wildman–Crippen MR) is 84.7 cm³/mol. The number of esters is 1. The van der Waals surface area contributed by atoms with E-state index in [2.05, 4.69) is 43.1 Å². The molecule has 4 N–H and O–H groups in total. The minimum atomic E-state index is -1.25. The summed E-state index contributed by atoms with van der Waals surface area (Å²) in [5, 5.41) is 2.31. The summed E-state index contributed by atoms with van der Waals surface area (Å²) < 4.78 is 8.29. The van der Waals surface area contributed by atoms with E-state index in [-0.39, 0.29) is 6.42 Å². The van der Waals surface area contributed by atoms with Crippen LogP contribution in [-0.2, 0) is 14.3 Å². The zero-order chi connectivity index (χ0) is 18.1. The van der Waals surface area contributed by atoms with Crippen LogP contribution in [0.15, 0.2) is 29.3 Å². The summed E-state index contributed by atoms with van der Waals surface area (Å²) in [7, 11) is 2.03. The molecule has 1 heterocycles. The standard InChI is InChI=1S/C9H10N2.C6H10N2O5/c1-11-6-8-4-2-3-5-9(8)10-7-11;1-2-3(12-5(7)10)4(9)13-6(8)11/h2-6H,7H2,1H3;3H,2H2,1H3,(H2,7,10)(H2,8,11). The molecule has 0 saturated carbocycles. The molecule has 9 heteroatoms. The van der Waals surface area contributed by atoms with Gasteiger partial charge in [0.2, 0.25) is 6.10 Å². The monoisotopic (exact) mass is 336 g/mol. The molecule has 1 aliphatic heterocycles. The topological polar surface area (TPSA) is 137 Å². The molecule has 2 amide bonds. The highest BCUT2D eigenvalue weighted by Gasteiger charge is 2.23. The maximum atomic E-state index is 10.9. The fraction of sp³-hybridized carbons (Fsp3) is 0.333. The number of nitrogens with zero attached hydrogens (tertiary/aromatic N) is 2. The van der Waals surface area contributed by atoms with Crippen LogP contribution in [0.2, 0.25) is 0 Å². The molecule has 9 nitrogen and oxygen atoms in total. The van der Waals surface area contributed by atoms with Gasteiger partial charge < -0.3 is 25.8 Å². The maximum Gasteiger partial charge on any atom is 0.412 e. The Morgan fingerprint density at radius 3 is 2.50 bits per heavy atom. The SMILES string of the molecule is CCC(OC(N)=O)C(=O)OC(N)=O.CN1C=c2ccccc2=NC1. The molecule has 130 valence electrons. The number of rotatable bonds is 3. The zero-order valence-corrected chi connectivity index (χ0v) is 13.5. The Labute approximate surface area is 138 Å². The van der Waals surface area contributed by atoms with E-state index < -0.39 is 24.3 Å². The lowest BCUT2D eigenvalue weighted by Crippen LogP contribution is -2.33. The first-order valence-corrected chi connectivity index (χ1v) is 7.12. The third kappa shape index (κ3) is 6.34. The number of ether oxygens (including phenoxy) is 2. The molecule has 2 rings (SSSR count). The van der Waals surface area contributed by atoms with E-state index in [1.165, 1.54) is 5.22 Å². The molecule has 0 fully saturated rings. The van der Waals surface area contributed by atoms with Crippen LogP contribution < -0.4 is 22.0 Å². The number of primary amides is 2. The Bertz CT molecular complexity index is 719. The minimum Gasteiger partial charge on any atom is -0.434 e. The molecule has 0 aromatic heterocycles. The molecule has 0 saturated heterocycles. The van der Waals surface area contributed by atoms with Gasteiger partial charge >= 0.3 is 18.2 Å². The van der Waals surface area contributed by atoms with Gasteiger partial charge in [0, 0.05) is 18.5 Å². The van der Waals surface area contributed by atoms with Crippen LogP contribution >= 0.6 is 0 Å². The number of carbonyl (C=O) groups excluding carboxylic acids is 3. The van der Waals surface area contributed by atoms with Gasteiger partial charge in [0.25, 0.3) is 0 Å². The Morgan fingerprint density at radius 1 is 1.25 bits per heavy atom. The summed E-state index contributed by atoms with van der Waals surface area (Å²) in [6, 6.07) is 8.17. The van der Waals surface area contributed by atoms with E-state index in [1.807, 2.05) is 25.2 Å². The van der Waals surface area contributed by atoms with E-state index in [0.29, 0.717) is 0 Å². The van der Waals surface area contributed by atoms with Crippen LogP contribution in [0, 0.1) is 0 Å². The second-order valence-electron chi connectivity index (χ2n) is 4.82. The van der Waals surface area contributed by atoms with Crippen LogP contribution in [-0.4, -0.2) is 42.9 Å². The van der Waals surface area contributed by atoms with Crippen LogP contribution in [0.3, 0.4) is 0 Å². The molecule has 0 radical (unpaired) electrons. The summed E-state index contributed by atoms with van der Waals surface area (Å²) >= 11 is 0. The number of amides is 2. The van der Waals surface area contributed by atoms with Gasteiger partial charge in [0.15, 0.2) is 0 Å². The lowest BCUT2D eigenvalue weighted by atomic mass is 10.3. The van der Waals surface area contributed by atoms with Crippen LogP contribution in [0.5, 0.6) is 0 Å². The molecular weight excluding hydrogens is 316 g/mol. The van der Waals surface area contributed by atoms with Gasteiger partial charge in [-0.05, 0) is 12.5 Å². The third-order valence-electron chi connectivity index (χ3n) is 2.85. The molecule has 24 heavy (non-hydrogen) atoms. The first-order valence-electron chi connectivity index (χ1n) is 7.12. The Hall–Kier alpha value is -3.10. The quantitative estimate of drug-likeness (QED) is 0.560. The number of para-hydroxylation sites is 1. The molecular formula is C15H20N4O5. The van der Waals surface area contributed by atoms with Gasteiger partial charge in [-0.15, -0.1) is 0 Å². The lowest BCUT2D eigenvalue weighted by Gasteiger charge is -2.13. The van der Waals surface area contributed by atoms with Crippen molar-refractivity contribution in [3.63, 3.8) is 0 Å². The van der Waals surface area contributed by atoms with Crippen LogP contribution in [0.4, 0.5) is 9.59 Å². The van der Waals surface area contributed by atoms with Gasteiger partial charge in [-0.25, -0.2) is 14.4 Å². The summed E-state index contributed by atoms with van der Waals surface area (Å²) in [5.74, 6) is -1.03. The maximum absolute atomic E-state index is 10.9. The van der Waals surface area contributed by atoms with Gasteiger partial charge in [0.1, 0.15) is 6.67 Å². The molecule has 1 atom stereocenters. The van der Waals surface area contributed by atoms with Gasteiger partial charge in [0.05, 0.1) is 5.36 Å². The van der Waals surface area contributed by atoms with Crippen molar-refractivity contribution in [1.29, 1.82) is 0 Å². The molecule has 0 bridgehead atoms. The van der Waals surface area contributed by atoms with Crippen molar-refractivity contribution >= 4 is 24.4 Å². The summed E-state index contributed by atoms with van der Waals surface area (Å²) in [4.78, 5) is 37.7. The minimum absolute atomic E-state index is 0.148. The number of hydrogen-bond acceptors (Lipinski definition) is 7. The third-order valence-corrected chi connectivity index (χ3v) is 2.85. The number of benzene rings is 1. The Morgan fingerprint density at radius 2 is 1.92 bits per heavy atom. The van der Waals surface area contributed by atoms with Crippen molar-refractivity contribution in [1.82, 2.24) is 4.90 Å². The summed E-state index contributed by atoms with van der Waals surface area (Å²) in [6.45, 7) is 2.33. The Balaban J connectivity index is 0.000000242. The van der Waals surface area contributed by atoms with Crippen molar-refractivity contribution in [2.24, 2.45) is 16.5 Å². The predicted octanol–water partition coefficient (Wildman–Crippen LogP) is -0.571. The Kier molecular flexibility index (Phi) is 7.21. The van der Waals surface area contributed by atoms with Crippen molar-refractivity contribution in [2.75, 3.05) is 13.7 Å². The smallest absolute Gasteiger partial charge is 0.412 e. The molecule has 0 spiro atoms. The summed E-state index contributed by atoms with van der Waals surface area (Å²) in [5.41, 5.74) is 9.22. The fourth-order valence-electron chi connectivity index (χ4n) is 1.81. The van der Waals surface area contributed by atoms with E-state index in [4.69, 9.17) is 0 Å². The van der Waals surface area contributed by atoms with Crippen LogP contribution in [0.25, 0.3) is 6.20 Å². The first-order chi connectivity index (χ1) is 11.3.